The molecule has 0 N–H and O–H groups in total. The molecule has 1 aromatic heterocycles. The summed E-state index contributed by atoms with van der Waals surface area (Å²) >= 11 is 1.46. The van der Waals surface area contributed by atoms with Crippen LogP contribution in [0, 0.1) is 5.92 Å². The average molecular weight is 252 g/mol. The van der Waals surface area contributed by atoms with E-state index in [9.17, 15) is 4.79 Å². The molecule has 1 saturated carbocycles. The first kappa shape index (κ1) is 11.2. The van der Waals surface area contributed by atoms with Crippen LogP contribution in [0.5, 0.6) is 0 Å². The van der Waals surface area contributed by atoms with Gasteiger partial charge in [-0.1, -0.05) is 0 Å². The number of carbonyl (C=O) groups excluding carboxylic acids is 1. The summed E-state index contributed by atoms with van der Waals surface area (Å²) in [5.41, 5.74) is 2.27. The van der Waals surface area contributed by atoms with Crippen molar-refractivity contribution in [2.75, 3.05) is 19.7 Å². The van der Waals surface area contributed by atoms with E-state index >= 15 is 0 Å². The summed E-state index contributed by atoms with van der Waals surface area (Å²) in [6.07, 6.45) is 3.82. The van der Waals surface area contributed by atoms with Crippen LogP contribution in [-0.2, 0) is 4.74 Å². The Morgan fingerprint density at radius 2 is 2.41 bits per heavy atom. The number of hydrogen-bond donors (Lipinski definition) is 0. The Morgan fingerprint density at radius 3 is 3.12 bits per heavy atom. The molecule has 1 atom stereocenters. The van der Waals surface area contributed by atoms with Crippen molar-refractivity contribution in [2.45, 2.75) is 25.4 Å². The van der Waals surface area contributed by atoms with Gasteiger partial charge in [0, 0.05) is 25.1 Å². The largest absolute Gasteiger partial charge is 0.376 e. The molecule has 0 spiro atoms. The topological polar surface area (TPSA) is 42.4 Å². The summed E-state index contributed by atoms with van der Waals surface area (Å²) in [6.45, 7) is 2.40. The van der Waals surface area contributed by atoms with Crippen molar-refractivity contribution in [1.29, 1.82) is 0 Å². The van der Waals surface area contributed by atoms with E-state index in [1.165, 1.54) is 24.2 Å². The minimum Gasteiger partial charge on any atom is -0.376 e. The fourth-order valence-corrected chi connectivity index (χ4v) is 2.61. The van der Waals surface area contributed by atoms with Crippen molar-refractivity contribution in [1.82, 2.24) is 9.88 Å². The fraction of sp³-hybridized carbons (Fsp3) is 0.667. The van der Waals surface area contributed by atoms with Crippen molar-refractivity contribution < 1.29 is 9.53 Å². The van der Waals surface area contributed by atoms with Crippen LogP contribution >= 0.6 is 11.3 Å². The van der Waals surface area contributed by atoms with Crippen molar-refractivity contribution in [2.24, 2.45) is 5.92 Å². The lowest BCUT2D eigenvalue weighted by Crippen LogP contribution is -2.30. The fourth-order valence-electron chi connectivity index (χ4n) is 2.09. The molecule has 1 aliphatic carbocycles. The van der Waals surface area contributed by atoms with E-state index in [-0.39, 0.29) is 12.0 Å². The lowest BCUT2D eigenvalue weighted by molar-refractivity contribution is 0.0479. The van der Waals surface area contributed by atoms with Crippen LogP contribution in [0.3, 0.4) is 0 Å². The summed E-state index contributed by atoms with van der Waals surface area (Å²) in [7, 11) is 0. The second-order valence-corrected chi connectivity index (χ2v) is 5.53. The number of amides is 1. The van der Waals surface area contributed by atoms with E-state index in [0.717, 1.165) is 32.0 Å². The molecule has 3 rings (SSSR count). The van der Waals surface area contributed by atoms with E-state index in [2.05, 4.69) is 4.98 Å². The molecule has 17 heavy (non-hydrogen) atoms. The van der Waals surface area contributed by atoms with Gasteiger partial charge in [-0.25, -0.2) is 4.98 Å². The number of hydrogen-bond acceptors (Lipinski definition) is 4. The minimum absolute atomic E-state index is 0.0452. The molecule has 92 valence electrons. The summed E-state index contributed by atoms with van der Waals surface area (Å²) in [5.74, 6) is 0.835. The summed E-state index contributed by atoms with van der Waals surface area (Å²) in [4.78, 5) is 17.9. The van der Waals surface area contributed by atoms with Crippen molar-refractivity contribution >= 4 is 17.2 Å². The molecule has 2 aliphatic rings. The van der Waals surface area contributed by atoms with E-state index in [1.54, 1.807) is 10.9 Å². The molecule has 5 heteroatoms. The van der Waals surface area contributed by atoms with Gasteiger partial charge in [-0.05, 0) is 25.2 Å². The summed E-state index contributed by atoms with van der Waals surface area (Å²) in [6, 6.07) is 0. The molecule has 4 nitrogen and oxygen atoms in total. The molecule has 0 bridgehead atoms. The summed E-state index contributed by atoms with van der Waals surface area (Å²) < 4.78 is 5.81. The Morgan fingerprint density at radius 1 is 1.53 bits per heavy atom. The Hall–Kier alpha value is -0.940. The smallest absolute Gasteiger partial charge is 0.273 e. The van der Waals surface area contributed by atoms with E-state index < -0.39 is 0 Å². The number of thiazole rings is 1. The van der Waals surface area contributed by atoms with Crippen LogP contribution in [0.1, 0.15) is 29.8 Å². The second kappa shape index (κ2) is 4.74. The Bertz CT molecular complexity index is 389. The average Bonchev–Trinajstić information content (AvgIpc) is 2.86. The lowest BCUT2D eigenvalue weighted by atomic mass is 10.3. The maximum Gasteiger partial charge on any atom is 0.273 e. The first-order chi connectivity index (χ1) is 8.33. The van der Waals surface area contributed by atoms with E-state index in [4.69, 9.17) is 4.74 Å². The molecule has 0 unspecified atom stereocenters. The molecule has 2 heterocycles. The normalized spacial score (nSPS) is 24.2. The van der Waals surface area contributed by atoms with Gasteiger partial charge in [-0.2, -0.15) is 0 Å². The van der Waals surface area contributed by atoms with Gasteiger partial charge < -0.3 is 9.64 Å². The first-order valence-corrected chi connectivity index (χ1v) is 7.06. The molecule has 0 radical (unpaired) electrons. The number of aromatic nitrogens is 1. The predicted octanol–water partition coefficient (Wildman–Crippen LogP) is 1.78. The molecule has 1 aromatic rings. The maximum absolute atomic E-state index is 12.0. The van der Waals surface area contributed by atoms with Gasteiger partial charge in [0.1, 0.15) is 5.69 Å². The van der Waals surface area contributed by atoms with Crippen molar-refractivity contribution in [3.05, 3.63) is 16.6 Å². The monoisotopic (exact) mass is 252 g/mol. The van der Waals surface area contributed by atoms with Crippen molar-refractivity contribution in [3.8, 4) is 0 Å². The highest BCUT2D eigenvalue weighted by Gasteiger charge is 2.30. The highest BCUT2D eigenvalue weighted by molar-refractivity contribution is 7.07. The van der Waals surface area contributed by atoms with Crippen LogP contribution in [0.15, 0.2) is 10.9 Å². The predicted molar refractivity (Wildman–Crippen MR) is 65.1 cm³/mol. The van der Waals surface area contributed by atoms with Gasteiger partial charge in [-0.3, -0.25) is 4.79 Å². The maximum atomic E-state index is 12.0. The Balaban J connectivity index is 1.50. The van der Waals surface area contributed by atoms with E-state index in [1.807, 2.05) is 4.90 Å². The molecule has 0 aromatic carbocycles. The van der Waals surface area contributed by atoms with E-state index in [0.29, 0.717) is 5.69 Å². The first-order valence-electron chi connectivity index (χ1n) is 6.12. The van der Waals surface area contributed by atoms with Gasteiger partial charge >= 0.3 is 0 Å². The van der Waals surface area contributed by atoms with Gasteiger partial charge in [0.05, 0.1) is 11.6 Å². The lowest BCUT2D eigenvalue weighted by Gasteiger charge is -2.15. The van der Waals surface area contributed by atoms with Crippen LogP contribution in [0.25, 0.3) is 0 Å². The molecular formula is C12H16N2O2S. The van der Waals surface area contributed by atoms with Gasteiger partial charge in [0.2, 0.25) is 0 Å². The number of rotatable bonds is 4. The van der Waals surface area contributed by atoms with Crippen LogP contribution in [0.2, 0.25) is 0 Å². The van der Waals surface area contributed by atoms with Crippen LogP contribution < -0.4 is 0 Å². The third kappa shape index (κ3) is 2.66. The molecular weight excluding hydrogens is 236 g/mol. The number of ether oxygens (including phenoxy) is 1. The molecule has 1 aliphatic heterocycles. The molecule has 1 saturated heterocycles. The van der Waals surface area contributed by atoms with Gasteiger partial charge in [0.25, 0.3) is 5.91 Å². The highest BCUT2D eigenvalue weighted by atomic mass is 32.1. The van der Waals surface area contributed by atoms with Gasteiger partial charge in [-0.15, -0.1) is 11.3 Å². The molecule has 1 amide bonds. The number of carbonyl (C=O) groups is 1. The highest BCUT2D eigenvalue weighted by Crippen LogP contribution is 2.30. The zero-order valence-electron chi connectivity index (χ0n) is 9.67. The van der Waals surface area contributed by atoms with Gasteiger partial charge in [0.15, 0.2) is 0 Å². The third-order valence-electron chi connectivity index (χ3n) is 3.35. The molecule has 2 fully saturated rings. The Labute approximate surface area is 105 Å². The Kier molecular flexibility index (Phi) is 3.11. The van der Waals surface area contributed by atoms with Crippen molar-refractivity contribution in [3.63, 3.8) is 0 Å². The second-order valence-electron chi connectivity index (χ2n) is 4.81. The minimum atomic E-state index is 0.0452. The number of likely N-dealkylation sites (tertiary alicyclic amines) is 1. The zero-order valence-corrected chi connectivity index (χ0v) is 10.5. The quantitative estimate of drug-likeness (QED) is 0.820. The van der Waals surface area contributed by atoms with Crippen LogP contribution in [0.4, 0.5) is 0 Å². The standard InChI is InChI=1S/C12H16N2O2S/c15-12(11-7-17-8-13-11)14-4-3-10(5-14)16-6-9-1-2-9/h7-10H,1-6H2/t10-/m0/s1. The SMILES string of the molecule is O=C(c1cscn1)N1CC[C@H](OCC2CC2)C1. The summed E-state index contributed by atoms with van der Waals surface area (Å²) in [5, 5.41) is 1.81. The third-order valence-corrected chi connectivity index (χ3v) is 3.93. The zero-order chi connectivity index (χ0) is 11.7. The number of nitrogens with zero attached hydrogens (tertiary/aromatic N) is 2. The van der Waals surface area contributed by atoms with Crippen LogP contribution in [-0.4, -0.2) is 41.6 Å².